The van der Waals surface area contributed by atoms with Crippen molar-refractivity contribution in [3.63, 3.8) is 0 Å². The highest BCUT2D eigenvalue weighted by atomic mass is 32.2. The van der Waals surface area contributed by atoms with Gasteiger partial charge in [-0.1, -0.05) is 0 Å². The van der Waals surface area contributed by atoms with E-state index in [0.717, 1.165) is 12.8 Å². The van der Waals surface area contributed by atoms with Gasteiger partial charge in [-0.25, -0.2) is 12.8 Å². The number of ether oxygens (including phenoxy) is 1. The van der Waals surface area contributed by atoms with Gasteiger partial charge in [0.1, 0.15) is 5.82 Å². The molecule has 1 saturated carbocycles. The first-order valence-corrected chi connectivity index (χ1v) is 8.38. The van der Waals surface area contributed by atoms with Crippen molar-refractivity contribution in [3.05, 3.63) is 29.6 Å². The lowest BCUT2D eigenvalue weighted by Gasteiger charge is -2.22. The van der Waals surface area contributed by atoms with Crippen molar-refractivity contribution in [1.29, 1.82) is 0 Å². The summed E-state index contributed by atoms with van der Waals surface area (Å²) in [5, 5.41) is 2.83. The first kappa shape index (κ1) is 16.4. The lowest BCUT2D eigenvalue weighted by atomic mass is 10.2. The van der Waals surface area contributed by atoms with Gasteiger partial charge in [-0.3, -0.25) is 0 Å². The Morgan fingerprint density at radius 2 is 2.14 bits per heavy atom. The zero-order chi connectivity index (χ0) is 15.5. The number of methoxy groups -OCH3 is 1. The van der Waals surface area contributed by atoms with E-state index >= 15 is 0 Å². The maximum Gasteiger partial charge on any atom is 0.243 e. The van der Waals surface area contributed by atoms with Gasteiger partial charge in [0, 0.05) is 31.8 Å². The van der Waals surface area contributed by atoms with Gasteiger partial charge < -0.3 is 10.1 Å². The monoisotopic (exact) mass is 316 g/mol. The lowest BCUT2D eigenvalue weighted by Crippen LogP contribution is -2.36. The number of hydrogen-bond donors (Lipinski definition) is 1. The average molecular weight is 316 g/mol. The lowest BCUT2D eigenvalue weighted by molar-refractivity contribution is 0.177. The summed E-state index contributed by atoms with van der Waals surface area (Å²) >= 11 is 0. The molecule has 0 amide bonds. The molecule has 1 aliphatic carbocycles. The van der Waals surface area contributed by atoms with Crippen LogP contribution in [0, 0.1) is 5.82 Å². The second-order valence-electron chi connectivity index (χ2n) is 5.12. The molecular formula is C14H21FN2O3S. The van der Waals surface area contributed by atoms with Crippen molar-refractivity contribution >= 4 is 10.0 Å². The van der Waals surface area contributed by atoms with Crippen molar-refractivity contribution < 1.29 is 17.5 Å². The summed E-state index contributed by atoms with van der Waals surface area (Å²) < 4.78 is 45.5. The molecule has 2 rings (SSSR count). The molecule has 5 nitrogen and oxygen atoms in total. The fraction of sp³-hybridized carbons (Fsp3) is 0.571. The molecule has 0 aliphatic heterocycles. The first-order chi connectivity index (χ1) is 10.0. The van der Waals surface area contributed by atoms with Crippen LogP contribution in [0.4, 0.5) is 4.39 Å². The molecule has 0 unspecified atom stereocenters. The zero-order valence-electron chi connectivity index (χ0n) is 12.3. The van der Waals surface area contributed by atoms with Crippen molar-refractivity contribution in [2.45, 2.75) is 30.3 Å². The van der Waals surface area contributed by atoms with Crippen molar-refractivity contribution in [1.82, 2.24) is 9.62 Å². The summed E-state index contributed by atoms with van der Waals surface area (Å²) in [6, 6.07) is 3.99. The summed E-state index contributed by atoms with van der Waals surface area (Å²) in [5.41, 5.74) is 0.348. The Morgan fingerprint density at radius 3 is 2.71 bits per heavy atom. The number of sulfonamides is 1. The molecule has 0 radical (unpaired) electrons. The summed E-state index contributed by atoms with van der Waals surface area (Å²) in [6.07, 6.45) is 1.74. The van der Waals surface area contributed by atoms with Crippen LogP contribution in [0.2, 0.25) is 0 Å². The van der Waals surface area contributed by atoms with Gasteiger partial charge in [0.2, 0.25) is 10.0 Å². The van der Waals surface area contributed by atoms with Crippen molar-refractivity contribution in [2.75, 3.05) is 27.3 Å². The second kappa shape index (κ2) is 6.83. The summed E-state index contributed by atoms with van der Waals surface area (Å²) in [4.78, 5) is 0.136. The third kappa shape index (κ3) is 3.79. The van der Waals surface area contributed by atoms with E-state index in [0.29, 0.717) is 18.7 Å². The van der Waals surface area contributed by atoms with E-state index < -0.39 is 15.8 Å². The zero-order valence-corrected chi connectivity index (χ0v) is 13.1. The molecule has 1 N–H and O–H groups in total. The molecule has 0 heterocycles. The Kier molecular flexibility index (Phi) is 5.32. The normalized spacial score (nSPS) is 15.6. The minimum atomic E-state index is -3.61. The summed E-state index contributed by atoms with van der Waals surface area (Å²) in [7, 11) is -0.376. The predicted octanol–water partition coefficient (Wildman–Crippen LogP) is 1.34. The molecule has 1 aliphatic rings. The molecule has 1 fully saturated rings. The van der Waals surface area contributed by atoms with Crippen LogP contribution in [0.15, 0.2) is 23.1 Å². The quantitative estimate of drug-likeness (QED) is 0.786. The average Bonchev–Trinajstić information content (AvgIpc) is 3.26. The topological polar surface area (TPSA) is 58.6 Å². The molecule has 0 saturated heterocycles. The van der Waals surface area contributed by atoms with Gasteiger partial charge in [-0.2, -0.15) is 4.31 Å². The van der Waals surface area contributed by atoms with Crippen LogP contribution in [0.3, 0.4) is 0 Å². The number of rotatable bonds is 8. The fourth-order valence-corrected chi connectivity index (χ4v) is 3.94. The van der Waals surface area contributed by atoms with Crippen molar-refractivity contribution in [3.8, 4) is 0 Å². The summed E-state index contributed by atoms with van der Waals surface area (Å²) in [5.74, 6) is -0.404. The van der Waals surface area contributed by atoms with Crippen molar-refractivity contribution in [2.24, 2.45) is 0 Å². The molecule has 0 aromatic heterocycles. The molecule has 1 aromatic carbocycles. The number of benzene rings is 1. The Hall–Kier alpha value is -1.02. The van der Waals surface area contributed by atoms with Crippen LogP contribution in [0.5, 0.6) is 0 Å². The Balaban J connectivity index is 2.30. The van der Waals surface area contributed by atoms with E-state index in [4.69, 9.17) is 4.74 Å². The predicted molar refractivity (Wildman–Crippen MR) is 78.0 cm³/mol. The molecule has 118 valence electrons. The molecule has 0 atom stereocenters. The van der Waals surface area contributed by atoms with E-state index in [-0.39, 0.29) is 17.5 Å². The van der Waals surface area contributed by atoms with Crippen LogP contribution in [-0.4, -0.2) is 46.1 Å². The first-order valence-electron chi connectivity index (χ1n) is 6.94. The number of hydrogen-bond acceptors (Lipinski definition) is 4. The maximum atomic E-state index is 13.7. The second-order valence-corrected chi connectivity index (χ2v) is 7.01. The SMILES string of the molecule is CNCc1cc(S(=O)(=O)N(CCOC)C2CC2)ccc1F. The number of nitrogens with one attached hydrogen (secondary N) is 1. The Bertz CT molecular complexity index is 588. The molecule has 0 spiro atoms. The van der Waals surface area contributed by atoms with Gasteiger partial charge in [0.05, 0.1) is 11.5 Å². The minimum absolute atomic E-state index is 0.0444. The number of nitrogens with zero attached hydrogens (tertiary/aromatic N) is 1. The highest BCUT2D eigenvalue weighted by Crippen LogP contribution is 2.32. The van der Waals surface area contributed by atoms with Gasteiger partial charge >= 0.3 is 0 Å². The third-order valence-corrected chi connectivity index (χ3v) is 5.41. The molecule has 0 bridgehead atoms. The Morgan fingerprint density at radius 1 is 1.43 bits per heavy atom. The molecule has 21 heavy (non-hydrogen) atoms. The van der Waals surface area contributed by atoms with E-state index in [9.17, 15) is 12.8 Å². The maximum absolute atomic E-state index is 13.7. The van der Waals surface area contributed by atoms with E-state index in [1.807, 2.05) is 0 Å². The Labute approximate surface area is 125 Å². The van der Waals surface area contributed by atoms with Crippen LogP contribution in [0.1, 0.15) is 18.4 Å². The van der Waals surface area contributed by atoms with Crippen LogP contribution in [-0.2, 0) is 21.3 Å². The third-order valence-electron chi connectivity index (χ3n) is 3.46. The standard InChI is InChI=1S/C14H21FN2O3S/c1-16-10-11-9-13(5-6-14(11)15)21(18,19)17(7-8-20-2)12-3-4-12/h5-6,9,12,16H,3-4,7-8,10H2,1-2H3. The van der Waals surface area contributed by atoms with Crippen LogP contribution >= 0.6 is 0 Å². The summed E-state index contributed by atoms with van der Waals surface area (Å²) in [6.45, 7) is 0.958. The van der Waals surface area contributed by atoms with Crippen LogP contribution < -0.4 is 5.32 Å². The van der Waals surface area contributed by atoms with E-state index in [1.54, 1.807) is 14.2 Å². The van der Waals surface area contributed by atoms with Crippen LogP contribution in [0.25, 0.3) is 0 Å². The fourth-order valence-electron chi connectivity index (χ4n) is 2.22. The van der Waals surface area contributed by atoms with E-state index in [1.165, 1.54) is 22.5 Å². The van der Waals surface area contributed by atoms with E-state index in [2.05, 4.69) is 5.32 Å². The largest absolute Gasteiger partial charge is 0.383 e. The highest BCUT2D eigenvalue weighted by molar-refractivity contribution is 7.89. The number of halogens is 1. The highest BCUT2D eigenvalue weighted by Gasteiger charge is 2.37. The van der Waals surface area contributed by atoms with Gasteiger partial charge in [0.15, 0.2) is 0 Å². The molecule has 1 aromatic rings. The molecular weight excluding hydrogens is 295 g/mol. The van der Waals surface area contributed by atoms with Gasteiger partial charge in [0.25, 0.3) is 0 Å². The van der Waals surface area contributed by atoms with Gasteiger partial charge in [-0.15, -0.1) is 0 Å². The smallest absolute Gasteiger partial charge is 0.243 e. The minimum Gasteiger partial charge on any atom is -0.383 e. The van der Waals surface area contributed by atoms with Gasteiger partial charge in [-0.05, 0) is 38.1 Å². The molecule has 7 heteroatoms.